The lowest BCUT2D eigenvalue weighted by Gasteiger charge is -2.34. The van der Waals surface area contributed by atoms with Crippen molar-refractivity contribution in [1.82, 2.24) is 5.32 Å². The van der Waals surface area contributed by atoms with Crippen molar-refractivity contribution >= 4 is 23.2 Å². The molecule has 3 atom stereocenters. The lowest BCUT2D eigenvalue weighted by molar-refractivity contribution is 0.224. The Morgan fingerprint density at radius 3 is 2.30 bits per heavy atom. The number of nitrogens with one attached hydrogen (secondary N) is 1. The topological polar surface area (TPSA) is 12.0 Å². The Kier molecular flexibility index (Phi) is 5.77. The molecule has 3 unspecified atom stereocenters. The predicted octanol–water partition coefficient (Wildman–Crippen LogP) is 5.86. The molecule has 0 spiro atoms. The van der Waals surface area contributed by atoms with E-state index in [1.165, 1.54) is 24.8 Å². The van der Waals surface area contributed by atoms with Crippen molar-refractivity contribution in [2.45, 2.75) is 58.5 Å². The van der Waals surface area contributed by atoms with Gasteiger partial charge in [0, 0.05) is 12.1 Å². The summed E-state index contributed by atoms with van der Waals surface area (Å²) in [5.41, 5.74) is 1.24. The van der Waals surface area contributed by atoms with E-state index in [1.54, 1.807) is 0 Å². The fourth-order valence-corrected chi connectivity index (χ4v) is 3.85. The summed E-state index contributed by atoms with van der Waals surface area (Å²) in [6.07, 6.45) is 4.99. The second-order valence-corrected chi connectivity index (χ2v) is 7.23. The second kappa shape index (κ2) is 7.15. The first-order chi connectivity index (χ1) is 9.49. The number of halogens is 2. The molecule has 0 heterocycles. The van der Waals surface area contributed by atoms with Gasteiger partial charge >= 0.3 is 0 Å². The van der Waals surface area contributed by atoms with Gasteiger partial charge in [0.05, 0.1) is 10.0 Å². The molecule has 0 saturated heterocycles. The maximum absolute atomic E-state index is 6.14. The maximum atomic E-state index is 6.14. The normalized spacial score (nSPS) is 28.4. The Morgan fingerprint density at radius 2 is 1.75 bits per heavy atom. The first kappa shape index (κ1) is 16.1. The van der Waals surface area contributed by atoms with E-state index in [0.717, 1.165) is 18.3 Å². The highest BCUT2D eigenvalue weighted by Crippen LogP contribution is 2.32. The Bertz CT molecular complexity index is 437. The molecule has 0 aliphatic heterocycles. The summed E-state index contributed by atoms with van der Waals surface area (Å²) in [7, 11) is 0. The van der Waals surface area contributed by atoms with Gasteiger partial charge in [0.2, 0.25) is 0 Å². The van der Waals surface area contributed by atoms with Crippen LogP contribution in [0.2, 0.25) is 10.0 Å². The minimum atomic E-state index is 0.368. The summed E-state index contributed by atoms with van der Waals surface area (Å²) in [6, 6.07) is 6.97. The third kappa shape index (κ3) is 4.13. The third-order valence-electron chi connectivity index (χ3n) is 4.37. The Labute approximate surface area is 133 Å². The molecule has 0 bridgehead atoms. The van der Waals surface area contributed by atoms with Gasteiger partial charge in [-0.25, -0.2) is 0 Å². The predicted molar refractivity (Wildman–Crippen MR) is 88.6 cm³/mol. The molecule has 0 radical (unpaired) electrons. The van der Waals surface area contributed by atoms with Gasteiger partial charge in [0.25, 0.3) is 0 Å². The molecule has 3 heteroatoms. The van der Waals surface area contributed by atoms with Gasteiger partial charge in [-0.1, -0.05) is 50.0 Å². The van der Waals surface area contributed by atoms with Crippen molar-refractivity contribution in [1.29, 1.82) is 0 Å². The molecule has 2 rings (SSSR count). The summed E-state index contributed by atoms with van der Waals surface area (Å²) < 4.78 is 0. The highest BCUT2D eigenvalue weighted by Gasteiger charge is 2.25. The standard InChI is InChI=1S/C17H25Cl2N/c1-4-17(13-5-6-15(18)16(19)10-13)20-14-8-11(2)7-12(3)9-14/h5-6,10-12,14,17,20H,4,7-9H2,1-3H3. The van der Waals surface area contributed by atoms with E-state index in [4.69, 9.17) is 23.2 Å². The van der Waals surface area contributed by atoms with E-state index in [0.29, 0.717) is 22.1 Å². The van der Waals surface area contributed by atoms with E-state index < -0.39 is 0 Å². The SMILES string of the molecule is CCC(NC1CC(C)CC(C)C1)c1ccc(Cl)c(Cl)c1. The van der Waals surface area contributed by atoms with E-state index in [-0.39, 0.29) is 0 Å². The van der Waals surface area contributed by atoms with Gasteiger partial charge in [-0.05, 0) is 55.2 Å². The lowest BCUT2D eigenvalue weighted by Crippen LogP contribution is -2.38. The van der Waals surface area contributed by atoms with E-state index >= 15 is 0 Å². The van der Waals surface area contributed by atoms with Crippen LogP contribution in [0.1, 0.15) is 58.1 Å². The van der Waals surface area contributed by atoms with Crippen LogP contribution >= 0.6 is 23.2 Å². The number of benzene rings is 1. The molecule has 20 heavy (non-hydrogen) atoms. The summed E-state index contributed by atoms with van der Waals surface area (Å²) in [4.78, 5) is 0. The third-order valence-corrected chi connectivity index (χ3v) is 5.11. The molecule has 1 aliphatic rings. The van der Waals surface area contributed by atoms with Gasteiger partial charge in [-0.3, -0.25) is 0 Å². The fraction of sp³-hybridized carbons (Fsp3) is 0.647. The Balaban J connectivity index is 2.06. The zero-order chi connectivity index (χ0) is 14.7. The van der Waals surface area contributed by atoms with Crippen LogP contribution in [-0.2, 0) is 0 Å². The van der Waals surface area contributed by atoms with Crippen molar-refractivity contribution in [2.24, 2.45) is 11.8 Å². The molecule has 1 aromatic carbocycles. The average molecular weight is 314 g/mol. The van der Waals surface area contributed by atoms with Crippen LogP contribution in [0.3, 0.4) is 0 Å². The molecule has 1 nitrogen and oxygen atoms in total. The number of rotatable bonds is 4. The Morgan fingerprint density at radius 1 is 1.10 bits per heavy atom. The molecule has 0 amide bonds. The molecule has 1 aliphatic carbocycles. The van der Waals surface area contributed by atoms with Gasteiger partial charge in [0.15, 0.2) is 0 Å². The van der Waals surface area contributed by atoms with Crippen molar-refractivity contribution in [3.05, 3.63) is 33.8 Å². The lowest BCUT2D eigenvalue weighted by atomic mass is 9.80. The summed E-state index contributed by atoms with van der Waals surface area (Å²) in [5.74, 6) is 1.64. The largest absolute Gasteiger partial charge is 0.307 e. The quantitative estimate of drug-likeness (QED) is 0.734. The fourth-order valence-electron chi connectivity index (χ4n) is 3.55. The molecule has 1 saturated carbocycles. The van der Waals surface area contributed by atoms with Crippen LogP contribution < -0.4 is 5.32 Å². The molecule has 1 N–H and O–H groups in total. The zero-order valence-corrected chi connectivity index (χ0v) is 14.1. The van der Waals surface area contributed by atoms with Crippen molar-refractivity contribution in [3.8, 4) is 0 Å². The van der Waals surface area contributed by atoms with Gasteiger partial charge < -0.3 is 5.32 Å². The second-order valence-electron chi connectivity index (χ2n) is 6.42. The maximum Gasteiger partial charge on any atom is 0.0595 e. The Hall–Kier alpha value is -0.240. The van der Waals surface area contributed by atoms with E-state index in [1.807, 2.05) is 12.1 Å². The minimum Gasteiger partial charge on any atom is -0.307 e. The van der Waals surface area contributed by atoms with Crippen LogP contribution in [0.15, 0.2) is 18.2 Å². The van der Waals surface area contributed by atoms with Gasteiger partial charge in [0.1, 0.15) is 0 Å². The van der Waals surface area contributed by atoms with E-state index in [2.05, 4.69) is 32.2 Å². The summed E-state index contributed by atoms with van der Waals surface area (Å²) >= 11 is 12.2. The highest BCUT2D eigenvalue weighted by molar-refractivity contribution is 6.42. The van der Waals surface area contributed by atoms with Gasteiger partial charge in [-0.2, -0.15) is 0 Å². The minimum absolute atomic E-state index is 0.368. The first-order valence-corrected chi connectivity index (χ1v) is 8.46. The zero-order valence-electron chi connectivity index (χ0n) is 12.6. The summed E-state index contributed by atoms with van der Waals surface area (Å²) in [6.45, 7) is 6.95. The van der Waals surface area contributed by atoms with Crippen LogP contribution in [-0.4, -0.2) is 6.04 Å². The van der Waals surface area contributed by atoms with Gasteiger partial charge in [-0.15, -0.1) is 0 Å². The molecular weight excluding hydrogens is 289 g/mol. The highest BCUT2D eigenvalue weighted by atomic mass is 35.5. The molecule has 1 aromatic rings. The van der Waals surface area contributed by atoms with E-state index in [9.17, 15) is 0 Å². The molecular formula is C17H25Cl2N. The molecule has 1 fully saturated rings. The summed E-state index contributed by atoms with van der Waals surface area (Å²) in [5, 5.41) is 5.11. The smallest absolute Gasteiger partial charge is 0.0595 e. The molecule has 112 valence electrons. The van der Waals surface area contributed by atoms with Crippen LogP contribution in [0.4, 0.5) is 0 Å². The monoisotopic (exact) mass is 313 g/mol. The van der Waals surface area contributed by atoms with Crippen LogP contribution in [0.5, 0.6) is 0 Å². The van der Waals surface area contributed by atoms with Crippen molar-refractivity contribution in [3.63, 3.8) is 0 Å². The van der Waals surface area contributed by atoms with Crippen LogP contribution in [0.25, 0.3) is 0 Å². The van der Waals surface area contributed by atoms with Crippen molar-refractivity contribution < 1.29 is 0 Å². The molecule has 0 aromatic heterocycles. The average Bonchev–Trinajstić information content (AvgIpc) is 2.38. The van der Waals surface area contributed by atoms with Crippen molar-refractivity contribution in [2.75, 3.05) is 0 Å². The first-order valence-electron chi connectivity index (χ1n) is 7.70. The number of hydrogen-bond acceptors (Lipinski definition) is 1. The number of hydrogen-bond donors (Lipinski definition) is 1. The van der Waals surface area contributed by atoms with Crippen LogP contribution in [0, 0.1) is 11.8 Å².